The van der Waals surface area contributed by atoms with Gasteiger partial charge >= 0.3 is 0 Å². The quantitative estimate of drug-likeness (QED) is 0.410. The van der Waals surface area contributed by atoms with Crippen LogP contribution < -0.4 is 5.56 Å². The van der Waals surface area contributed by atoms with Gasteiger partial charge in [-0.15, -0.1) is 11.3 Å². The van der Waals surface area contributed by atoms with Crippen LogP contribution in [0.5, 0.6) is 0 Å². The molecule has 120 valence electrons. The van der Waals surface area contributed by atoms with Crippen LogP contribution in [0.25, 0.3) is 21.6 Å². The Bertz CT molecular complexity index is 1050. The van der Waals surface area contributed by atoms with Gasteiger partial charge in [0, 0.05) is 25.0 Å². The Labute approximate surface area is 144 Å². The molecule has 0 aliphatic heterocycles. The van der Waals surface area contributed by atoms with Crippen molar-refractivity contribution >= 4 is 33.3 Å². The number of pyridine rings is 1. The van der Waals surface area contributed by atoms with Gasteiger partial charge in [-0.2, -0.15) is 4.98 Å². The van der Waals surface area contributed by atoms with Crippen molar-refractivity contribution in [2.24, 2.45) is 7.05 Å². The van der Waals surface area contributed by atoms with Crippen molar-refractivity contribution in [3.8, 4) is 11.4 Å². The summed E-state index contributed by atoms with van der Waals surface area (Å²) in [6.07, 6.45) is 3.35. The molecule has 4 aromatic heterocycles. The second-order valence-electron chi connectivity index (χ2n) is 4.93. The van der Waals surface area contributed by atoms with E-state index in [1.807, 2.05) is 23.6 Å². The van der Waals surface area contributed by atoms with Crippen LogP contribution in [0, 0.1) is 0 Å². The molecule has 0 aromatic carbocycles. The SMILES string of the molecule is Cn1c(SCc2nc(-c3ccncc3)no2)nc2ccsc2c1=O. The topological polar surface area (TPSA) is 86.7 Å². The van der Waals surface area contributed by atoms with Crippen LogP contribution in [-0.4, -0.2) is 24.7 Å². The van der Waals surface area contributed by atoms with Gasteiger partial charge in [-0.25, -0.2) is 4.98 Å². The maximum Gasteiger partial charge on any atom is 0.271 e. The summed E-state index contributed by atoms with van der Waals surface area (Å²) in [6, 6.07) is 5.48. The minimum Gasteiger partial charge on any atom is -0.338 e. The van der Waals surface area contributed by atoms with E-state index in [0.29, 0.717) is 32.8 Å². The van der Waals surface area contributed by atoms with Crippen molar-refractivity contribution in [3.63, 3.8) is 0 Å². The molecule has 0 radical (unpaired) electrons. The fourth-order valence-electron chi connectivity index (χ4n) is 2.15. The highest BCUT2D eigenvalue weighted by atomic mass is 32.2. The first-order valence-corrected chi connectivity index (χ1v) is 8.89. The van der Waals surface area contributed by atoms with Gasteiger partial charge in [0.25, 0.3) is 5.56 Å². The summed E-state index contributed by atoms with van der Waals surface area (Å²) in [4.78, 5) is 25.1. The predicted molar refractivity (Wildman–Crippen MR) is 92.0 cm³/mol. The van der Waals surface area contributed by atoms with E-state index >= 15 is 0 Å². The van der Waals surface area contributed by atoms with Gasteiger partial charge in [0.1, 0.15) is 4.70 Å². The van der Waals surface area contributed by atoms with Gasteiger partial charge in [-0.05, 0) is 23.6 Å². The Morgan fingerprint density at radius 1 is 1.25 bits per heavy atom. The second kappa shape index (κ2) is 6.17. The Hall–Kier alpha value is -2.52. The second-order valence-corrected chi connectivity index (χ2v) is 6.79. The molecule has 0 spiro atoms. The summed E-state index contributed by atoms with van der Waals surface area (Å²) >= 11 is 2.79. The highest BCUT2D eigenvalue weighted by Gasteiger charge is 2.13. The number of fused-ring (bicyclic) bond motifs is 1. The molecule has 9 heteroatoms. The number of hydrogen-bond acceptors (Lipinski definition) is 8. The van der Waals surface area contributed by atoms with E-state index in [-0.39, 0.29) is 5.56 Å². The maximum absolute atomic E-state index is 12.3. The van der Waals surface area contributed by atoms with Gasteiger partial charge in [0.2, 0.25) is 11.7 Å². The number of thioether (sulfide) groups is 1. The van der Waals surface area contributed by atoms with Crippen molar-refractivity contribution in [2.75, 3.05) is 0 Å². The van der Waals surface area contributed by atoms with E-state index in [1.54, 1.807) is 24.0 Å². The highest BCUT2D eigenvalue weighted by molar-refractivity contribution is 7.98. The van der Waals surface area contributed by atoms with Crippen LogP contribution in [0.3, 0.4) is 0 Å². The molecule has 0 saturated carbocycles. The van der Waals surface area contributed by atoms with Crippen LogP contribution in [0.15, 0.2) is 50.4 Å². The third-order valence-electron chi connectivity index (χ3n) is 3.38. The molecule has 0 bridgehead atoms. The zero-order valence-electron chi connectivity index (χ0n) is 12.5. The maximum atomic E-state index is 12.3. The lowest BCUT2D eigenvalue weighted by Crippen LogP contribution is -2.18. The van der Waals surface area contributed by atoms with Crippen molar-refractivity contribution < 1.29 is 4.52 Å². The Morgan fingerprint density at radius 3 is 2.92 bits per heavy atom. The van der Waals surface area contributed by atoms with Gasteiger partial charge < -0.3 is 4.52 Å². The van der Waals surface area contributed by atoms with Gasteiger partial charge in [0.05, 0.1) is 11.3 Å². The smallest absolute Gasteiger partial charge is 0.271 e. The molecule has 0 amide bonds. The number of hydrogen-bond donors (Lipinski definition) is 0. The van der Waals surface area contributed by atoms with E-state index < -0.39 is 0 Å². The molecular formula is C15H11N5O2S2. The number of aromatic nitrogens is 5. The summed E-state index contributed by atoms with van der Waals surface area (Å²) in [5.41, 5.74) is 1.52. The van der Waals surface area contributed by atoms with Crippen molar-refractivity contribution in [1.82, 2.24) is 24.7 Å². The average Bonchev–Trinajstić information content (AvgIpc) is 3.27. The minimum absolute atomic E-state index is 0.0412. The van der Waals surface area contributed by atoms with Crippen molar-refractivity contribution in [2.45, 2.75) is 10.9 Å². The van der Waals surface area contributed by atoms with Crippen LogP contribution in [0.4, 0.5) is 0 Å². The van der Waals surface area contributed by atoms with Gasteiger partial charge in [-0.1, -0.05) is 16.9 Å². The monoisotopic (exact) mass is 357 g/mol. The lowest BCUT2D eigenvalue weighted by molar-refractivity contribution is 0.391. The molecule has 0 aliphatic carbocycles. The molecule has 4 heterocycles. The van der Waals surface area contributed by atoms with E-state index in [4.69, 9.17) is 4.52 Å². The van der Waals surface area contributed by atoms with E-state index in [0.717, 1.165) is 5.56 Å². The first-order chi connectivity index (χ1) is 11.7. The first kappa shape index (κ1) is 15.0. The van der Waals surface area contributed by atoms with E-state index in [1.165, 1.54) is 23.1 Å². The molecule has 0 unspecified atom stereocenters. The van der Waals surface area contributed by atoms with Crippen molar-refractivity contribution in [3.05, 3.63) is 52.2 Å². The average molecular weight is 357 g/mol. The summed E-state index contributed by atoms with van der Waals surface area (Å²) in [5.74, 6) is 1.43. The Kier molecular flexibility index (Phi) is 3.87. The molecular weight excluding hydrogens is 346 g/mol. The Morgan fingerprint density at radius 2 is 2.08 bits per heavy atom. The highest BCUT2D eigenvalue weighted by Crippen LogP contribution is 2.23. The lowest BCUT2D eigenvalue weighted by Gasteiger charge is -2.05. The molecule has 4 rings (SSSR count). The molecule has 24 heavy (non-hydrogen) atoms. The largest absolute Gasteiger partial charge is 0.338 e. The molecule has 7 nitrogen and oxygen atoms in total. The molecule has 4 aromatic rings. The van der Waals surface area contributed by atoms with Crippen LogP contribution in [0.1, 0.15) is 5.89 Å². The number of thiophene rings is 1. The fraction of sp³-hybridized carbons (Fsp3) is 0.133. The summed E-state index contributed by atoms with van der Waals surface area (Å²) in [7, 11) is 1.72. The van der Waals surface area contributed by atoms with Gasteiger partial charge in [-0.3, -0.25) is 14.3 Å². The third-order valence-corrected chi connectivity index (χ3v) is 5.28. The summed E-state index contributed by atoms with van der Waals surface area (Å²) in [6.45, 7) is 0. The van der Waals surface area contributed by atoms with Crippen LogP contribution in [-0.2, 0) is 12.8 Å². The molecule has 0 aliphatic rings. The third kappa shape index (κ3) is 2.72. The molecule has 0 N–H and O–H groups in total. The first-order valence-electron chi connectivity index (χ1n) is 7.02. The zero-order chi connectivity index (χ0) is 16.5. The summed E-state index contributed by atoms with van der Waals surface area (Å²) < 4.78 is 7.48. The van der Waals surface area contributed by atoms with Crippen molar-refractivity contribution in [1.29, 1.82) is 0 Å². The molecule has 0 fully saturated rings. The van der Waals surface area contributed by atoms with Crippen LogP contribution in [0.2, 0.25) is 0 Å². The standard InChI is InChI=1S/C15H11N5O2S2/c1-20-14(21)12-10(4-7-23-12)17-15(20)24-8-11-18-13(19-22-11)9-2-5-16-6-3-9/h2-7H,8H2,1H3. The van der Waals surface area contributed by atoms with Gasteiger partial charge in [0.15, 0.2) is 5.16 Å². The number of rotatable bonds is 4. The van der Waals surface area contributed by atoms with E-state index in [9.17, 15) is 4.79 Å². The summed E-state index contributed by atoms with van der Waals surface area (Å²) in [5, 5.41) is 6.45. The van der Waals surface area contributed by atoms with Crippen LogP contribution >= 0.6 is 23.1 Å². The molecule has 0 atom stereocenters. The molecule has 0 saturated heterocycles. The number of nitrogens with zero attached hydrogens (tertiary/aromatic N) is 5. The zero-order valence-corrected chi connectivity index (χ0v) is 14.2. The minimum atomic E-state index is -0.0412. The Balaban J connectivity index is 1.56. The lowest BCUT2D eigenvalue weighted by atomic mass is 10.3. The predicted octanol–water partition coefficient (Wildman–Crippen LogP) is 2.73. The normalized spacial score (nSPS) is 11.2. The fourth-order valence-corrected chi connectivity index (χ4v) is 3.77. The van der Waals surface area contributed by atoms with E-state index in [2.05, 4.69) is 20.1 Å².